The fraction of sp³-hybridized carbons (Fsp3) is 0.250. The normalized spacial score (nSPS) is 10.4. The lowest BCUT2D eigenvalue weighted by Gasteiger charge is -2.11. The predicted molar refractivity (Wildman–Crippen MR) is 108 cm³/mol. The number of anilines is 1. The zero-order chi connectivity index (χ0) is 20.5. The van der Waals surface area contributed by atoms with Gasteiger partial charge in [0.15, 0.2) is 11.5 Å². The minimum atomic E-state index is -0.435. The first-order chi connectivity index (χ1) is 13.4. The van der Waals surface area contributed by atoms with Crippen molar-refractivity contribution in [3.8, 4) is 11.5 Å². The van der Waals surface area contributed by atoms with Crippen LogP contribution in [0.3, 0.4) is 0 Å². The Balaban J connectivity index is 1.84. The smallest absolute Gasteiger partial charge is 0.259 e. The molecular formula is C20H24N4O4. The topological polar surface area (TPSA) is 92.3 Å². The zero-order valence-electron chi connectivity index (χ0n) is 16.4. The molecule has 0 aliphatic rings. The predicted octanol–water partition coefficient (Wildman–Crippen LogP) is 1.65. The van der Waals surface area contributed by atoms with Gasteiger partial charge in [0.2, 0.25) is 0 Å². The summed E-state index contributed by atoms with van der Waals surface area (Å²) in [6, 6.07) is 12.4. The van der Waals surface area contributed by atoms with E-state index in [1.54, 1.807) is 18.2 Å². The van der Waals surface area contributed by atoms with Gasteiger partial charge in [0, 0.05) is 25.3 Å². The van der Waals surface area contributed by atoms with E-state index in [0.29, 0.717) is 17.1 Å². The molecule has 0 fully saturated rings. The number of methoxy groups -OCH3 is 2. The van der Waals surface area contributed by atoms with Gasteiger partial charge in [0.05, 0.1) is 27.0 Å². The molecule has 8 heteroatoms. The second-order valence-electron chi connectivity index (χ2n) is 6.03. The SMILES string of the molecule is COc1ccc(C(=O)NCC(=O)N/N=C\c2ccc(N(C)C)cc2)cc1OC. The second kappa shape index (κ2) is 9.96. The van der Waals surface area contributed by atoms with Crippen LogP contribution < -0.4 is 25.1 Å². The molecule has 0 bridgehead atoms. The van der Waals surface area contributed by atoms with E-state index in [4.69, 9.17) is 9.47 Å². The molecule has 148 valence electrons. The molecule has 2 rings (SSSR count). The lowest BCUT2D eigenvalue weighted by Crippen LogP contribution is -2.34. The van der Waals surface area contributed by atoms with E-state index < -0.39 is 11.8 Å². The summed E-state index contributed by atoms with van der Waals surface area (Å²) >= 11 is 0. The van der Waals surface area contributed by atoms with E-state index in [1.807, 2.05) is 43.3 Å². The van der Waals surface area contributed by atoms with Gasteiger partial charge < -0.3 is 19.7 Å². The van der Waals surface area contributed by atoms with E-state index >= 15 is 0 Å². The van der Waals surface area contributed by atoms with Crippen molar-refractivity contribution in [2.75, 3.05) is 39.8 Å². The summed E-state index contributed by atoms with van der Waals surface area (Å²) < 4.78 is 10.3. The fourth-order valence-electron chi connectivity index (χ4n) is 2.32. The van der Waals surface area contributed by atoms with Crippen LogP contribution in [0, 0.1) is 0 Å². The molecule has 0 aliphatic heterocycles. The second-order valence-corrected chi connectivity index (χ2v) is 6.03. The van der Waals surface area contributed by atoms with Crippen molar-refractivity contribution >= 4 is 23.7 Å². The van der Waals surface area contributed by atoms with E-state index in [1.165, 1.54) is 20.4 Å². The summed E-state index contributed by atoms with van der Waals surface area (Å²) in [5, 5.41) is 6.42. The number of ether oxygens (including phenoxy) is 2. The van der Waals surface area contributed by atoms with Crippen molar-refractivity contribution in [1.29, 1.82) is 0 Å². The molecule has 8 nitrogen and oxygen atoms in total. The first kappa shape index (κ1) is 20.8. The summed E-state index contributed by atoms with van der Waals surface area (Å²) in [6.07, 6.45) is 1.54. The Hall–Kier alpha value is -3.55. The molecule has 2 aromatic rings. The Morgan fingerprint density at radius 1 is 1.04 bits per heavy atom. The van der Waals surface area contributed by atoms with E-state index in [0.717, 1.165) is 11.3 Å². The van der Waals surface area contributed by atoms with E-state index in [2.05, 4.69) is 15.8 Å². The molecule has 0 aromatic heterocycles. The molecule has 0 saturated carbocycles. The van der Waals surface area contributed by atoms with Gasteiger partial charge in [0.1, 0.15) is 0 Å². The maximum absolute atomic E-state index is 12.2. The van der Waals surface area contributed by atoms with Crippen LogP contribution in [0.25, 0.3) is 0 Å². The lowest BCUT2D eigenvalue weighted by atomic mass is 10.2. The molecule has 0 heterocycles. The average molecular weight is 384 g/mol. The molecule has 0 saturated heterocycles. The number of nitrogens with one attached hydrogen (secondary N) is 2. The first-order valence-electron chi connectivity index (χ1n) is 8.54. The van der Waals surface area contributed by atoms with Crippen LogP contribution >= 0.6 is 0 Å². The Kier molecular flexibility index (Phi) is 7.38. The first-order valence-corrected chi connectivity index (χ1v) is 8.54. The van der Waals surface area contributed by atoms with Crippen LogP contribution in [0.4, 0.5) is 5.69 Å². The quantitative estimate of drug-likeness (QED) is 0.533. The Morgan fingerprint density at radius 3 is 2.32 bits per heavy atom. The lowest BCUT2D eigenvalue weighted by molar-refractivity contribution is -0.120. The number of carbonyl (C=O) groups excluding carboxylic acids is 2. The number of hydrogen-bond acceptors (Lipinski definition) is 6. The minimum Gasteiger partial charge on any atom is -0.493 e. The standard InChI is InChI=1S/C20H24N4O4/c1-24(2)16-8-5-14(6-9-16)12-22-23-19(25)13-21-20(26)15-7-10-17(27-3)18(11-15)28-4/h5-12H,13H2,1-4H3,(H,21,26)(H,23,25)/b22-12-. The summed E-state index contributed by atoms with van der Waals surface area (Å²) in [7, 11) is 6.91. The molecule has 2 amide bonds. The number of rotatable bonds is 8. The maximum Gasteiger partial charge on any atom is 0.259 e. The Labute approximate surface area is 164 Å². The van der Waals surface area contributed by atoms with Gasteiger partial charge in [-0.1, -0.05) is 12.1 Å². The molecule has 0 atom stereocenters. The van der Waals surface area contributed by atoms with Gasteiger partial charge in [-0.05, 0) is 35.9 Å². The van der Waals surface area contributed by atoms with Crippen molar-refractivity contribution in [3.63, 3.8) is 0 Å². The number of benzene rings is 2. The fourth-order valence-corrected chi connectivity index (χ4v) is 2.32. The third kappa shape index (κ3) is 5.73. The van der Waals surface area contributed by atoms with Gasteiger partial charge in [-0.3, -0.25) is 9.59 Å². The summed E-state index contributed by atoms with van der Waals surface area (Å²) in [6.45, 7) is -0.204. The molecule has 2 aromatic carbocycles. The van der Waals surface area contributed by atoms with Crippen LogP contribution in [0.15, 0.2) is 47.6 Å². The van der Waals surface area contributed by atoms with Crippen LogP contribution in [-0.4, -0.2) is 52.9 Å². The molecular weight excluding hydrogens is 360 g/mol. The zero-order valence-corrected chi connectivity index (χ0v) is 16.4. The summed E-state index contributed by atoms with van der Waals surface area (Å²) in [5.74, 6) is 0.114. The summed E-state index contributed by atoms with van der Waals surface area (Å²) in [5.41, 5.74) is 4.65. The van der Waals surface area contributed by atoms with Crippen molar-refractivity contribution < 1.29 is 19.1 Å². The van der Waals surface area contributed by atoms with Crippen LogP contribution in [0.2, 0.25) is 0 Å². The Morgan fingerprint density at radius 2 is 1.71 bits per heavy atom. The van der Waals surface area contributed by atoms with Gasteiger partial charge in [-0.15, -0.1) is 0 Å². The maximum atomic E-state index is 12.2. The number of carbonyl (C=O) groups is 2. The largest absolute Gasteiger partial charge is 0.493 e. The molecule has 0 unspecified atom stereocenters. The highest BCUT2D eigenvalue weighted by molar-refractivity contribution is 5.97. The van der Waals surface area contributed by atoms with Crippen molar-refractivity contribution in [3.05, 3.63) is 53.6 Å². The van der Waals surface area contributed by atoms with E-state index in [-0.39, 0.29) is 6.54 Å². The highest BCUT2D eigenvalue weighted by atomic mass is 16.5. The molecule has 28 heavy (non-hydrogen) atoms. The average Bonchev–Trinajstić information content (AvgIpc) is 2.71. The Bertz CT molecular complexity index is 848. The highest BCUT2D eigenvalue weighted by Gasteiger charge is 2.11. The molecule has 2 N–H and O–H groups in total. The van der Waals surface area contributed by atoms with E-state index in [9.17, 15) is 9.59 Å². The van der Waals surface area contributed by atoms with Gasteiger partial charge in [-0.2, -0.15) is 5.10 Å². The number of nitrogens with zero attached hydrogens (tertiary/aromatic N) is 2. The minimum absolute atomic E-state index is 0.204. The monoisotopic (exact) mass is 384 g/mol. The van der Waals surface area contributed by atoms with Crippen molar-refractivity contribution in [2.24, 2.45) is 5.10 Å². The van der Waals surface area contributed by atoms with Gasteiger partial charge >= 0.3 is 0 Å². The van der Waals surface area contributed by atoms with Gasteiger partial charge in [-0.25, -0.2) is 5.43 Å². The van der Waals surface area contributed by atoms with Crippen LogP contribution in [0.5, 0.6) is 11.5 Å². The molecule has 0 aliphatic carbocycles. The van der Waals surface area contributed by atoms with Crippen molar-refractivity contribution in [1.82, 2.24) is 10.7 Å². The number of amides is 2. The third-order valence-electron chi connectivity index (χ3n) is 3.87. The number of hydrogen-bond donors (Lipinski definition) is 2. The highest BCUT2D eigenvalue weighted by Crippen LogP contribution is 2.27. The van der Waals surface area contributed by atoms with Crippen LogP contribution in [0.1, 0.15) is 15.9 Å². The van der Waals surface area contributed by atoms with Gasteiger partial charge in [0.25, 0.3) is 11.8 Å². The van der Waals surface area contributed by atoms with Crippen LogP contribution in [-0.2, 0) is 4.79 Å². The third-order valence-corrected chi connectivity index (χ3v) is 3.87. The van der Waals surface area contributed by atoms with Crippen molar-refractivity contribution in [2.45, 2.75) is 0 Å². The molecule has 0 radical (unpaired) electrons. The summed E-state index contributed by atoms with van der Waals surface area (Å²) in [4.78, 5) is 26.0. The number of hydrazone groups is 1. The molecule has 0 spiro atoms.